The summed E-state index contributed by atoms with van der Waals surface area (Å²) in [6, 6.07) is 14.5. The van der Waals surface area contributed by atoms with E-state index in [0.717, 1.165) is 37.8 Å². The van der Waals surface area contributed by atoms with Crippen LogP contribution in [0.15, 0.2) is 42.5 Å². The lowest BCUT2D eigenvalue weighted by Gasteiger charge is -2.09. The Hall–Kier alpha value is -1.83. The number of rotatable bonds is 6. The fourth-order valence-electron chi connectivity index (χ4n) is 2.26. The molecule has 0 unspecified atom stereocenters. The Morgan fingerprint density at radius 3 is 2.50 bits per heavy atom. The van der Waals surface area contributed by atoms with Crippen LogP contribution in [0.25, 0.3) is 0 Å². The number of hydrogen-bond acceptors (Lipinski definition) is 1. The first kappa shape index (κ1) is 12.6. The number of benzene rings is 1. The highest BCUT2D eigenvalue weighted by molar-refractivity contribution is 5.72. The van der Waals surface area contributed by atoms with Crippen molar-refractivity contribution in [2.45, 2.75) is 32.7 Å². The molecule has 0 amide bonds. The number of carbonyl (C=O) groups is 1. The van der Waals surface area contributed by atoms with Gasteiger partial charge < -0.3 is 4.57 Å². The molecule has 0 radical (unpaired) electrons. The molecule has 1 heterocycles. The molecule has 18 heavy (non-hydrogen) atoms. The van der Waals surface area contributed by atoms with Crippen molar-refractivity contribution < 1.29 is 4.79 Å². The number of aryl methyl sites for hydroxylation is 2. The minimum atomic E-state index is 0.792. The van der Waals surface area contributed by atoms with Gasteiger partial charge in [0, 0.05) is 12.2 Å². The van der Waals surface area contributed by atoms with E-state index in [1.165, 1.54) is 11.3 Å². The van der Waals surface area contributed by atoms with Crippen molar-refractivity contribution >= 4 is 6.29 Å². The van der Waals surface area contributed by atoms with Gasteiger partial charge in [0.05, 0.1) is 5.69 Å². The quantitative estimate of drug-likeness (QED) is 0.709. The zero-order chi connectivity index (χ0) is 12.8. The first-order chi connectivity index (χ1) is 8.85. The highest BCUT2D eigenvalue weighted by atomic mass is 16.1. The minimum absolute atomic E-state index is 0.792. The molecule has 0 aliphatic carbocycles. The topological polar surface area (TPSA) is 22.0 Å². The van der Waals surface area contributed by atoms with Crippen molar-refractivity contribution in [3.63, 3.8) is 0 Å². The second kappa shape index (κ2) is 6.20. The van der Waals surface area contributed by atoms with Gasteiger partial charge in [-0.25, -0.2) is 0 Å². The summed E-state index contributed by atoms with van der Waals surface area (Å²) >= 11 is 0. The van der Waals surface area contributed by atoms with Crippen LogP contribution in [0.5, 0.6) is 0 Å². The van der Waals surface area contributed by atoms with E-state index < -0.39 is 0 Å². The van der Waals surface area contributed by atoms with Gasteiger partial charge in [0.15, 0.2) is 6.29 Å². The molecule has 2 rings (SSSR count). The van der Waals surface area contributed by atoms with Crippen LogP contribution < -0.4 is 0 Å². The van der Waals surface area contributed by atoms with E-state index in [1.54, 1.807) is 0 Å². The third kappa shape index (κ3) is 2.89. The summed E-state index contributed by atoms with van der Waals surface area (Å²) in [5, 5.41) is 0. The van der Waals surface area contributed by atoms with Crippen LogP contribution in [0, 0.1) is 0 Å². The first-order valence-electron chi connectivity index (χ1n) is 6.52. The molecule has 0 N–H and O–H groups in total. The van der Waals surface area contributed by atoms with Crippen molar-refractivity contribution in [2.24, 2.45) is 0 Å². The number of carbonyl (C=O) groups excluding carboxylic acids is 1. The molecule has 94 valence electrons. The Labute approximate surface area is 108 Å². The fourth-order valence-corrected chi connectivity index (χ4v) is 2.26. The zero-order valence-electron chi connectivity index (χ0n) is 10.8. The predicted octanol–water partition coefficient (Wildman–Crippen LogP) is 3.50. The van der Waals surface area contributed by atoms with Crippen LogP contribution in [0.1, 0.15) is 35.1 Å². The van der Waals surface area contributed by atoms with Crippen molar-refractivity contribution in [2.75, 3.05) is 0 Å². The Bertz CT molecular complexity index is 499. The van der Waals surface area contributed by atoms with Crippen molar-refractivity contribution in [3.8, 4) is 0 Å². The van der Waals surface area contributed by atoms with E-state index in [1.807, 2.05) is 12.1 Å². The average Bonchev–Trinajstić information content (AvgIpc) is 2.80. The lowest BCUT2D eigenvalue weighted by Crippen LogP contribution is -2.07. The van der Waals surface area contributed by atoms with Crippen LogP contribution in [-0.2, 0) is 19.4 Å². The van der Waals surface area contributed by atoms with Crippen molar-refractivity contribution in [3.05, 3.63) is 59.4 Å². The maximum absolute atomic E-state index is 11.0. The van der Waals surface area contributed by atoms with E-state index >= 15 is 0 Å². The van der Waals surface area contributed by atoms with Gasteiger partial charge in [-0.05, 0) is 37.0 Å². The number of aldehydes is 1. The van der Waals surface area contributed by atoms with Gasteiger partial charge in [0.25, 0.3) is 0 Å². The molecular weight excluding hydrogens is 222 g/mol. The molecule has 2 heteroatoms. The number of nitrogens with zero attached hydrogens (tertiary/aromatic N) is 1. The zero-order valence-corrected chi connectivity index (χ0v) is 10.8. The van der Waals surface area contributed by atoms with Crippen LogP contribution >= 0.6 is 0 Å². The Balaban J connectivity index is 2.09. The Morgan fingerprint density at radius 1 is 1.06 bits per heavy atom. The molecule has 0 fully saturated rings. The summed E-state index contributed by atoms with van der Waals surface area (Å²) in [6.07, 6.45) is 4.00. The Morgan fingerprint density at radius 2 is 1.83 bits per heavy atom. The largest absolute Gasteiger partial charge is 0.342 e. The average molecular weight is 241 g/mol. The smallest absolute Gasteiger partial charge is 0.166 e. The van der Waals surface area contributed by atoms with Crippen LogP contribution in [0.2, 0.25) is 0 Å². The second-order valence-corrected chi connectivity index (χ2v) is 4.50. The van der Waals surface area contributed by atoms with Crippen molar-refractivity contribution in [1.29, 1.82) is 0 Å². The number of aromatic nitrogens is 1. The van der Waals surface area contributed by atoms with Gasteiger partial charge in [0.1, 0.15) is 0 Å². The number of hydrogen-bond donors (Lipinski definition) is 0. The summed E-state index contributed by atoms with van der Waals surface area (Å²) in [5.74, 6) is 0. The van der Waals surface area contributed by atoms with E-state index in [4.69, 9.17) is 0 Å². The lowest BCUT2D eigenvalue weighted by molar-refractivity contribution is 0.111. The summed E-state index contributed by atoms with van der Waals surface area (Å²) < 4.78 is 2.13. The van der Waals surface area contributed by atoms with E-state index in [9.17, 15) is 4.79 Å². The predicted molar refractivity (Wildman–Crippen MR) is 74.0 cm³/mol. The maximum atomic E-state index is 11.0. The van der Waals surface area contributed by atoms with E-state index in [2.05, 4.69) is 41.8 Å². The lowest BCUT2D eigenvalue weighted by atomic mass is 10.1. The van der Waals surface area contributed by atoms with Gasteiger partial charge >= 0.3 is 0 Å². The van der Waals surface area contributed by atoms with Gasteiger partial charge in [-0.3, -0.25) is 4.79 Å². The van der Waals surface area contributed by atoms with Gasteiger partial charge in [-0.1, -0.05) is 37.3 Å². The van der Waals surface area contributed by atoms with E-state index in [0.29, 0.717) is 0 Å². The third-order valence-corrected chi connectivity index (χ3v) is 3.19. The normalized spacial score (nSPS) is 10.5. The molecule has 0 bridgehead atoms. The molecule has 1 aromatic heterocycles. The minimum Gasteiger partial charge on any atom is -0.342 e. The molecule has 0 atom stereocenters. The van der Waals surface area contributed by atoms with Crippen LogP contribution in [0.4, 0.5) is 0 Å². The van der Waals surface area contributed by atoms with Gasteiger partial charge in [-0.15, -0.1) is 0 Å². The first-order valence-corrected chi connectivity index (χ1v) is 6.52. The van der Waals surface area contributed by atoms with Gasteiger partial charge in [0.2, 0.25) is 0 Å². The molecule has 0 saturated carbocycles. The highest BCUT2D eigenvalue weighted by Gasteiger charge is 2.06. The molecular formula is C16H19NO. The van der Waals surface area contributed by atoms with Gasteiger partial charge in [-0.2, -0.15) is 0 Å². The monoisotopic (exact) mass is 241 g/mol. The van der Waals surface area contributed by atoms with Crippen LogP contribution in [-0.4, -0.2) is 10.9 Å². The van der Waals surface area contributed by atoms with Crippen LogP contribution in [0.3, 0.4) is 0 Å². The SMILES string of the molecule is CCCn1c(C=O)ccc1CCc1ccccc1. The molecule has 1 aromatic carbocycles. The molecule has 2 nitrogen and oxygen atoms in total. The fraction of sp³-hybridized carbons (Fsp3) is 0.312. The van der Waals surface area contributed by atoms with Crippen molar-refractivity contribution in [1.82, 2.24) is 4.57 Å². The standard InChI is InChI=1S/C16H19NO/c1-2-12-17-15(10-11-16(17)13-18)9-8-14-6-4-3-5-7-14/h3-7,10-11,13H,2,8-9,12H2,1H3. The highest BCUT2D eigenvalue weighted by Crippen LogP contribution is 2.12. The third-order valence-electron chi connectivity index (χ3n) is 3.19. The van der Waals surface area contributed by atoms with E-state index in [-0.39, 0.29) is 0 Å². The summed E-state index contributed by atoms with van der Waals surface area (Å²) in [6.45, 7) is 3.06. The summed E-state index contributed by atoms with van der Waals surface area (Å²) in [5.41, 5.74) is 3.39. The molecule has 0 aliphatic rings. The maximum Gasteiger partial charge on any atom is 0.166 e. The molecule has 2 aromatic rings. The molecule has 0 aliphatic heterocycles. The second-order valence-electron chi connectivity index (χ2n) is 4.50. The summed E-state index contributed by atoms with van der Waals surface area (Å²) in [7, 11) is 0. The summed E-state index contributed by atoms with van der Waals surface area (Å²) in [4.78, 5) is 11.0. The Kier molecular flexibility index (Phi) is 4.35. The molecule has 0 saturated heterocycles. The molecule has 0 spiro atoms.